The van der Waals surface area contributed by atoms with Gasteiger partial charge in [0, 0.05) is 17.2 Å². The first-order chi connectivity index (χ1) is 13.9. The summed E-state index contributed by atoms with van der Waals surface area (Å²) in [6.45, 7) is 6.57. The number of ether oxygens (including phenoxy) is 2. The second kappa shape index (κ2) is 7.43. The van der Waals surface area contributed by atoms with Gasteiger partial charge in [0.1, 0.15) is 0 Å². The molecule has 0 unspecified atom stereocenters. The monoisotopic (exact) mass is 390 g/mol. The zero-order chi connectivity index (χ0) is 20.4. The molecule has 7 heteroatoms. The topological polar surface area (TPSA) is 78.3 Å². The maximum absolute atomic E-state index is 12.2. The van der Waals surface area contributed by atoms with Crippen LogP contribution in [0.15, 0.2) is 54.7 Å². The predicted octanol–water partition coefficient (Wildman–Crippen LogP) is 3.95. The summed E-state index contributed by atoms with van der Waals surface area (Å²) in [5.41, 5.74) is 3.39. The van der Waals surface area contributed by atoms with Gasteiger partial charge in [-0.2, -0.15) is 0 Å². The fourth-order valence-corrected chi connectivity index (χ4v) is 3.00. The average molecular weight is 390 g/mol. The van der Waals surface area contributed by atoms with Crippen LogP contribution in [-0.2, 0) is 10.2 Å². The molecular weight excluding hydrogens is 368 g/mol. The van der Waals surface area contributed by atoms with Gasteiger partial charge in [0.05, 0.1) is 17.6 Å². The normalized spacial score (nSPS) is 13.1. The molecule has 0 spiro atoms. The standard InChI is InChI=1S/C22H22N4O3/c1-22(2,3)20-13-23-25-26(20)17-8-6-16(7-9-17)24-21(27)11-5-15-4-10-18-19(12-15)29-14-28-18/h4-13H,14H2,1-3H3,(H,24,27). The Bertz CT molecular complexity index is 1060. The van der Waals surface area contributed by atoms with Gasteiger partial charge in [-0.25, -0.2) is 4.68 Å². The van der Waals surface area contributed by atoms with Crippen molar-refractivity contribution in [2.45, 2.75) is 26.2 Å². The highest BCUT2D eigenvalue weighted by atomic mass is 16.7. The van der Waals surface area contributed by atoms with Crippen molar-refractivity contribution in [3.8, 4) is 17.2 Å². The molecule has 0 atom stereocenters. The van der Waals surface area contributed by atoms with Crippen molar-refractivity contribution in [1.29, 1.82) is 0 Å². The molecule has 1 aliphatic rings. The predicted molar refractivity (Wildman–Crippen MR) is 110 cm³/mol. The number of aromatic nitrogens is 3. The van der Waals surface area contributed by atoms with Crippen LogP contribution in [0.5, 0.6) is 11.5 Å². The van der Waals surface area contributed by atoms with E-state index in [1.165, 1.54) is 6.08 Å². The summed E-state index contributed by atoms with van der Waals surface area (Å²) in [5, 5.41) is 11.1. The van der Waals surface area contributed by atoms with E-state index in [4.69, 9.17) is 9.47 Å². The summed E-state index contributed by atoms with van der Waals surface area (Å²) >= 11 is 0. The second-order valence-corrected chi connectivity index (χ2v) is 7.76. The lowest BCUT2D eigenvalue weighted by Gasteiger charge is -2.19. The summed E-state index contributed by atoms with van der Waals surface area (Å²) in [6, 6.07) is 13.0. The molecule has 1 aromatic heterocycles. The number of carbonyl (C=O) groups excluding carboxylic acids is 1. The van der Waals surface area contributed by atoms with Crippen molar-refractivity contribution in [1.82, 2.24) is 15.0 Å². The molecule has 0 saturated carbocycles. The summed E-state index contributed by atoms with van der Waals surface area (Å²) in [6.07, 6.45) is 4.99. The number of anilines is 1. The van der Waals surface area contributed by atoms with E-state index in [1.54, 1.807) is 12.3 Å². The van der Waals surface area contributed by atoms with Crippen molar-refractivity contribution in [2.75, 3.05) is 12.1 Å². The number of nitrogens with one attached hydrogen (secondary N) is 1. The number of hydrogen-bond acceptors (Lipinski definition) is 5. The Balaban J connectivity index is 1.42. The third kappa shape index (κ3) is 4.13. The quantitative estimate of drug-likeness (QED) is 0.683. The number of amides is 1. The molecule has 148 valence electrons. The minimum absolute atomic E-state index is 0.0735. The molecule has 2 heterocycles. The second-order valence-electron chi connectivity index (χ2n) is 7.76. The summed E-state index contributed by atoms with van der Waals surface area (Å²) in [5.74, 6) is 1.19. The zero-order valence-corrected chi connectivity index (χ0v) is 16.5. The number of benzene rings is 2. The highest BCUT2D eigenvalue weighted by molar-refractivity contribution is 6.02. The van der Waals surface area contributed by atoms with Crippen LogP contribution in [0.25, 0.3) is 11.8 Å². The lowest BCUT2D eigenvalue weighted by atomic mass is 9.92. The van der Waals surface area contributed by atoms with E-state index in [2.05, 4.69) is 36.4 Å². The average Bonchev–Trinajstić information content (AvgIpc) is 3.35. The van der Waals surface area contributed by atoms with Crippen LogP contribution in [0.3, 0.4) is 0 Å². The van der Waals surface area contributed by atoms with E-state index < -0.39 is 0 Å². The molecule has 7 nitrogen and oxygen atoms in total. The Morgan fingerprint density at radius 2 is 1.86 bits per heavy atom. The van der Waals surface area contributed by atoms with Gasteiger partial charge in [0.15, 0.2) is 11.5 Å². The fourth-order valence-electron chi connectivity index (χ4n) is 3.00. The maximum Gasteiger partial charge on any atom is 0.248 e. The molecule has 4 rings (SSSR count). The van der Waals surface area contributed by atoms with Crippen LogP contribution in [0.1, 0.15) is 32.0 Å². The highest BCUT2D eigenvalue weighted by Gasteiger charge is 2.20. The van der Waals surface area contributed by atoms with Crippen LogP contribution in [0, 0.1) is 0 Å². The van der Waals surface area contributed by atoms with Crippen LogP contribution < -0.4 is 14.8 Å². The Labute approximate surface area is 169 Å². The Kier molecular flexibility index (Phi) is 4.80. The van der Waals surface area contributed by atoms with Crippen LogP contribution in [0.2, 0.25) is 0 Å². The van der Waals surface area contributed by atoms with Crippen molar-refractivity contribution in [2.24, 2.45) is 0 Å². The van der Waals surface area contributed by atoms with E-state index in [0.29, 0.717) is 17.2 Å². The van der Waals surface area contributed by atoms with E-state index in [1.807, 2.05) is 47.1 Å². The van der Waals surface area contributed by atoms with Gasteiger partial charge in [0.2, 0.25) is 12.7 Å². The van der Waals surface area contributed by atoms with Gasteiger partial charge < -0.3 is 14.8 Å². The number of nitrogens with zero attached hydrogens (tertiary/aromatic N) is 3. The minimum atomic E-state index is -0.216. The first-order valence-corrected chi connectivity index (χ1v) is 9.30. The van der Waals surface area contributed by atoms with E-state index in [-0.39, 0.29) is 18.1 Å². The van der Waals surface area contributed by atoms with E-state index in [9.17, 15) is 4.79 Å². The fraction of sp³-hybridized carbons (Fsp3) is 0.227. The van der Waals surface area contributed by atoms with Crippen molar-refractivity contribution in [3.63, 3.8) is 0 Å². The van der Waals surface area contributed by atoms with Gasteiger partial charge in [-0.1, -0.05) is 32.1 Å². The van der Waals surface area contributed by atoms with Gasteiger partial charge in [-0.05, 0) is 48.0 Å². The summed E-state index contributed by atoms with van der Waals surface area (Å²) in [4.78, 5) is 12.2. The molecule has 1 aliphatic heterocycles. The Hall–Kier alpha value is -3.61. The highest BCUT2D eigenvalue weighted by Crippen LogP contribution is 2.32. The van der Waals surface area contributed by atoms with E-state index >= 15 is 0 Å². The molecule has 2 aromatic carbocycles. The summed E-state index contributed by atoms with van der Waals surface area (Å²) in [7, 11) is 0. The molecule has 0 bridgehead atoms. The lowest BCUT2D eigenvalue weighted by molar-refractivity contribution is -0.111. The van der Waals surface area contributed by atoms with Crippen molar-refractivity contribution < 1.29 is 14.3 Å². The molecule has 0 saturated heterocycles. The van der Waals surface area contributed by atoms with Gasteiger partial charge >= 0.3 is 0 Å². The molecule has 3 aromatic rings. The number of hydrogen-bond donors (Lipinski definition) is 1. The third-order valence-electron chi connectivity index (χ3n) is 4.52. The first kappa shape index (κ1) is 18.7. The van der Waals surface area contributed by atoms with E-state index in [0.717, 1.165) is 16.9 Å². The van der Waals surface area contributed by atoms with Crippen LogP contribution in [-0.4, -0.2) is 27.7 Å². The largest absolute Gasteiger partial charge is 0.454 e. The van der Waals surface area contributed by atoms with Crippen LogP contribution >= 0.6 is 0 Å². The maximum atomic E-state index is 12.2. The van der Waals surface area contributed by atoms with Gasteiger partial charge in [0.25, 0.3) is 0 Å². The molecular formula is C22H22N4O3. The lowest BCUT2D eigenvalue weighted by Crippen LogP contribution is -2.17. The third-order valence-corrected chi connectivity index (χ3v) is 4.52. The molecule has 29 heavy (non-hydrogen) atoms. The van der Waals surface area contributed by atoms with Crippen molar-refractivity contribution in [3.05, 3.63) is 66.0 Å². The molecule has 0 fully saturated rings. The Morgan fingerprint density at radius 3 is 2.62 bits per heavy atom. The number of carbonyl (C=O) groups is 1. The molecule has 1 amide bonds. The van der Waals surface area contributed by atoms with Gasteiger partial charge in [-0.15, -0.1) is 5.10 Å². The molecule has 0 aliphatic carbocycles. The van der Waals surface area contributed by atoms with Gasteiger partial charge in [-0.3, -0.25) is 4.79 Å². The molecule has 0 radical (unpaired) electrons. The molecule has 1 N–H and O–H groups in total. The van der Waals surface area contributed by atoms with Crippen LogP contribution in [0.4, 0.5) is 5.69 Å². The smallest absolute Gasteiger partial charge is 0.248 e. The Morgan fingerprint density at radius 1 is 1.10 bits per heavy atom. The van der Waals surface area contributed by atoms with Crippen molar-refractivity contribution >= 4 is 17.7 Å². The zero-order valence-electron chi connectivity index (χ0n) is 16.5. The first-order valence-electron chi connectivity index (χ1n) is 9.30. The number of rotatable bonds is 4. The minimum Gasteiger partial charge on any atom is -0.454 e. The number of fused-ring (bicyclic) bond motifs is 1. The summed E-state index contributed by atoms with van der Waals surface area (Å²) < 4.78 is 12.4. The SMILES string of the molecule is CC(C)(C)c1cnnn1-c1ccc(NC(=O)C=Cc2ccc3c(c2)OCO3)cc1.